The van der Waals surface area contributed by atoms with Gasteiger partial charge in [-0.25, -0.2) is 4.39 Å². The molecule has 3 rings (SSSR count). The fraction of sp³-hybridized carbons (Fsp3) is 0.429. The first-order valence-corrected chi connectivity index (χ1v) is 10.1. The average molecular weight is 437 g/mol. The van der Waals surface area contributed by atoms with Crippen molar-refractivity contribution >= 4 is 15.9 Å². The molecular weight excluding hydrogens is 411 g/mol. The number of methoxy groups -OCH3 is 1. The van der Waals surface area contributed by atoms with E-state index in [4.69, 9.17) is 9.47 Å². The molecule has 0 aliphatic carbocycles. The fourth-order valence-corrected chi connectivity index (χ4v) is 3.89. The highest BCUT2D eigenvalue weighted by molar-refractivity contribution is 9.10. The van der Waals surface area contributed by atoms with Crippen LogP contribution < -0.4 is 20.1 Å². The van der Waals surface area contributed by atoms with Gasteiger partial charge in [0.25, 0.3) is 0 Å². The Morgan fingerprint density at radius 1 is 1.22 bits per heavy atom. The maximum atomic E-state index is 13.8. The van der Waals surface area contributed by atoms with Gasteiger partial charge in [0, 0.05) is 12.1 Å². The van der Waals surface area contributed by atoms with Gasteiger partial charge in [0.05, 0.1) is 11.6 Å². The number of piperidine rings is 1. The highest BCUT2D eigenvalue weighted by Crippen LogP contribution is 2.37. The van der Waals surface area contributed by atoms with E-state index in [-0.39, 0.29) is 12.4 Å². The molecule has 1 aliphatic rings. The zero-order valence-electron chi connectivity index (χ0n) is 15.6. The second kappa shape index (κ2) is 10.1. The van der Waals surface area contributed by atoms with Crippen LogP contribution in [0.5, 0.6) is 11.5 Å². The lowest BCUT2D eigenvalue weighted by Crippen LogP contribution is -2.33. The summed E-state index contributed by atoms with van der Waals surface area (Å²) in [6.07, 6.45) is 2.45. The summed E-state index contributed by atoms with van der Waals surface area (Å²) in [6, 6.07) is 10.6. The van der Waals surface area contributed by atoms with Crippen LogP contribution >= 0.6 is 15.9 Å². The number of benzene rings is 2. The highest BCUT2D eigenvalue weighted by atomic mass is 79.9. The molecule has 146 valence electrons. The van der Waals surface area contributed by atoms with E-state index in [1.165, 1.54) is 18.9 Å². The van der Waals surface area contributed by atoms with Gasteiger partial charge in [-0.3, -0.25) is 0 Å². The van der Waals surface area contributed by atoms with Crippen LogP contribution in [-0.4, -0.2) is 26.7 Å². The first-order chi connectivity index (χ1) is 13.2. The summed E-state index contributed by atoms with van der Waals surface area (Å²) in [5, 5.41) is 6.93. The molecule has 0 aromatic heterocycles. The lowest BCUT2D eigenvalue weighted by atomic mass is 9.98. The number of rotatable bonds is 8. The Labute approximate surface area is 168 Å². The molecule has 27 heavy (non-hydrogen) atoms. The van der Waals surface area contributed by atoms with E-state index in [0.29, 0.717) is 17.1 Å². The van der Waals surface area contributed by atoms with Gasteiger partial charge in [-0.05, 0) is 78.1 Å². The number of hydrogen-bond acceptors (Lipinski definition) is 4. The molecule has 1 heterocycles. The summed E-state index contributed by atoms with van der Waals surface area (Å²) in [4.78, 5) is 0. The molecule has 0 amide bonds. The van der Waals surface area contributed by atoms with Gasteiger partial charge in [-0.2, -0.15) is 0 Å². The van der Waals surface area contributed by atoms with Gasteiger partial charge in [-0.1, -0.05) is 18.2 Å². The van der Waals surface area contributed by atoms with Crippen LogP contribution in [0.3, 0.4) is 0 Å². The molecule has 6 heteroatoms. The normalized spacial score (nSPS) is 14.9. The number of hydrogen-bond donors (Lipinski definition) is 2. The Morgan fingerprint density at radius 3 is 2.74 bits per heavy atom. The Hall–Kier alpha value is -1.63. The maximum absolute atomic E-state index is 13.8. The zero-order valence-corrected chi connectivity index (χ0v) is 17.1. The summed E-state index contributed by atoms with van der Waals surface area (Å²) in [5.41, 5.74) is 1.63. The van der Waals surface area contributed by atoms with Gasteiger partial charge in [-0.15, -0.1) is 0 Å². The molecule has 1 aliphatic heterocycles. The molecule has 0 spiro atoms. The molecule has 0 bridgehead atoms. The first-order valence-electron chi connectivity index (χ1n) is 9.31. The quantitative estimate of drug-likeness (QED) is 0.648. The third kappa shape index (κ3) is 5.67. The predicted molar refractivity (Wildman–Crippen MR) is 109 cm³/mol. The number of nitrogens with one attached hydrogen (secondary N) is 2. The standard InChI is InChI=1S/C21H26BrFN2O2/c1-26-20-11-16(13-25-12-15-6-8-24-9-7-15)10-18(22)21(20)27-14-17-4-2-3-5-19(17)23/h2-5,10-11,15,24-25H,6-9,12-14H2,1H3. The van der Waals surface area contributed by atoms with Crippen LogP contribution in [0.2, 0.25) is 0 Å². The van der Waals surface area contributed by atoms with Gasteiger partial charge in [0.15, 0.2) is 11.5 Å². The van der Waals surface area contributed by atoms with Crippen molar-refractivity contribution in [3.8, 4) is 11.5 Å². The van der Waals surface area contributed by atoms with Crippen molar-refractivity contribution in [2.45, 2.75) is 26.0 Å². The van der Waals surface area contributed by atoms with E-state index in [0.717, 1.165) is 42.1 Å². The van der Waals surface area contributed by atoms with Crippen molar-refractivity contribution in [1.29, 1.82) is 0 Å². The zero-order chi connectivity index (χ0) is 19.1. The van der Waals surface area contributed by atoms with Crippen LogP contribution in [0.4, 0.5) is 4.39 Å². The van der Waals surface area contributed by atoms with Gasteiger partial charge in [0.1, 0.15) is 12.4 Å². The minimum atomic E-state index is -0.272. The average Bonchev–Trinajstić information content (AvgIpc) is 2.69. The largest absolute Gasteiger partial charge is 0.493 e. The summed E-state index contributed by atoms with van der Waals surface area (Å²) >= 11 is 3.56. The Bertz CT molecular complexity index is 751. The van der Waals surface area contributed by atoms with E-state index < -0.39 is 0 Å². The summed E-state index contributed by atoms with van der Waals surface area (Å²) in [5.74, 6) is 1.69. The minimum Gasteiger partial charge on any atom is -0.493 e. The van der Waals surface area contributed by atoms with E-state index in [2.05, 4.69) is 26.6 Å². The summed E-state index contributed by atoms with van der Waals surface area (Å²) in [7, 11) is 1.62. The van der Waals surface area contributed by atoms with Gasteiger partial charge < -0.3 is 20.1 Å². The van der Waals surface area contributed by atoms with Crippen LogP contribution in [0.1, 0.15) is 24.0 Å². The lowest BCUT2D eigenvalue weighted by Gasteiger charge is -2.23. The number of ether oxygens (including phenoxy) is 2. The molecule has 1 saturated heterocycles. The fourth-order valence-electron chi connectivity index (χ4n) is 3.29. The third-order valence-electron chi connectivity index (χ3n) is 4.84. The maximum Gasteiger partial charge on any atom is 0.175 e. The minimum absolute atomic E-state index is 0.148. The second-order valence-corrected chi connectivity index (χ2v) is 7.67. The van der Waals surface area contributed by atoms with Crippen molar-refractivity contribution < 1.29 is 13.9 Å². The molecule has 2 N–H and O–H groups in total. The van der Waals surface area contributed by atoms with Crippen molar-refractivity contribution in [2.24, 2.45) is 5.92 Å². The van der Waals surface area contributed by atoms with Crippen LogP contribution in [0.15, 0.2) is 40.9 Å². The monoisotopic (exact) mass is 436 g/mol. The summed E-state index contributed by atoms with van der Waals surface area (Å²) in [6.45, 7) is 4.16. The van der Waals surface area contributed by atoms with Crippen molar-refractivity contribution in [1.82, 2.24) is 10.6 Å². The number of halogens is 2. The SMILES string of the molecule is COc1cc(CNCC2CCNCC2)cc(Br)c1OCc1ccccc1F. The smallest absolute Gasteiger partial charge is 0.175 e. The Balaban J connectivity index is 1.61. The molecule has 1 fully saturated rings. The van der Waals surface area contributed by atoms with Crippen LogP contribution in [0, 0.1) is 11.7 Å². The Kier molecular flexibility index (Phi) is 7.50. The molecule has 0 atom stereocenters. The van der Waals surface area contributed by atoms with E-state index in [1.54, 1.807) is 25.3 Å². The molecule has 2 aromatic carbocycles. The predicted octanol–water partition coefficient (Wildman–Crippen LogP) is 4.27. The third-order valence-corrected chi connectivity index (χ3v) is 5.43. The van der Waals surface area contributed by atoms with Gasteiger partial charge in [0.2, 0.25) is 0 Å². The summed E-state index contributed by atoms with van der Waals surface area (Å²) < 4.78 is 25.9. The van der Waals surface area contributed by atoms with E-state index >= 15 is 0 Å². The van der Waals surface area contributed by atoms with Gasteiger partial charge >= 0.3 is 0 Å². The van der Waals surface area contributed by atoms with Crippen molar-refractivity contribution in [2.75, 3.05) is 26.7 Å². The van der Waals surface area contributed by atoms with Crippen LogP contribution in [-0.2, 0) is 13.2 Å². The van der Waals surface area contributed by atoms with E-state index in [9.17, 15) is 4.39 Å². The topological polar surface area (TPSA) is 42.5 Å². The first kappa shape index (κ1) is 20.1. The molecular formula is C21H26BrFN2O2. The molecule has 0 saturated carbocycles. The lowest BCUT2D eigenvalue weighted by molar-refractivity contribution is 0.277. The van der Waals surface area contributed by atoms with Crippen molar-refractivity contribution in [3.63, 3.8) is 0 Å². The Morgan fingerprint density at radius 2 is 2.00 bits per heavy atom. The molecule has 0 unspecified atom stereocenters. The van der Waals surface area contributed by atoms with E-state index in [1.807, 2.05) is 12.1 Å². The molecule has 4 nitrogen and oxygen atoms in total. The highest BCUT2D eigenvalue weighted by Gasteiger charge is 2.15. The second-order valence-electron chi connectivity index (χ2n) is 6.81. The molecule has 0 radical (unpaired) electrons. The van der Waals surface area contributed by atoms with Crippen molar-refractivity contribution in [3.05, 3.63) is 57.8 Å². The van der Waals surface area contributed by atoms with Crippen LogP contribution in [0.25, 0.3) is 0 Å². The molecule has 2 aromatic rings.